The van der Waals surface area contributed by atoms with Gasteiger partial charge in [-0.15, -0.1) is 0 Å². The average molecular weight is 331 g/mol. The first kappa shape index (κ1) is 17.1. The Kier molecular flexibility index (Phi) is 5.20. The monoisotopic (exact) mass is 331 g/mol. The summed E-state index contributed by atoms with van der Waals surface area (Å²) < 4.78 is 4.98. The summed E-state index contributed by atoms with van der Waals surface area (Å²) >= 11 is 0. The molecule has 0 atom stereocenters. The molecule has 126 valence electrons. The molecule has 1 amide bonds. The van der Waals surface area contributed by atoms with Crippen LogP contribution in [-0.4, -0.2) is 30.1 Å². The number of carbonyl (C=O) groups excluding carboxylic acids is 1. The Labute approximate surface area is 138 Å². The number of methoxy groups -OCH3 is 1. The van der Waals surface area contributed by atoms with Crippen LogP contribution in [0.3, 0.4) is 0 Å². The van der Waals surface area contributed by atoms with Crippen LogP contribution in [0.25, 0.3) is 0 Å². The summed E-state index contributed by atoms with van der Waals surface area (Å²) in [5.74, 6) is -0.0639. The van der Waals surface area contributed by atoms with E-state index in [1.807, 2.05) is 0 Å². The summed E-state index contributed by atoms with van der Waals surface area (Å²) in [6, 6.07) is 8.94. The second-order valence-electron chi connectivity index (χ2n) is 4.93. The summed E-state index contributed by atoms with van der Waals surface area (Å²) in [6.45, 7) is 0.319. The van der Waals surface area contributed by atoms with Gasteiger partial charge in [0.2, 0.25) is 0 Å². The van der Waals surface area contributed by atoms with E-state index in [9.17, 15) is 20.0 Å². The van der Waals surface area contributed by atoms with E-state index in [4.69, 9.17) is 4.74 Å². The zero-order valence-corrected chi connectivity index (χ0v) is 13.2. The predicted molar refractivity (Wildman–Crippen MR) is 88.5 cm³/mol. The number of nitrogens with one attached hydrogen (secondary N) is 2. The lowest BCUT2D eigenvalue weighted by molar-refractivity contribution is -0.384. The Morgan fingerprint density at radius 2 is 2.04 bits per heavy atom. The smallest absolute Gasteiger partial charge is 0.270 e. The number of phenols is 1. The molecule has 8 nitrogen and oxygen atoms in total. The van der Waals surface area contributed by atoms with Crippen molar-refractivity contribution in [3.63, 3.8) is 0 Å². The van der Waals surface area contributed by atoms with E-state index in [2.05, 4.69) is 10.6 Å². The standard InChI is InChI=1S/C16H17N3O5/c1-17-16(21)12-8-11(19(22)23)4-5-13(12)18-9-10-3-6-15(24-2)14(20)7-10/h3-8,18,20H,9H2,1-2H3,(H,17,21). The number of nitro benzene ring substituents is 1. The van der Waals surface area contributed by atoms with Crippen molar-refractivity contribution >= 4 is 17.3 Å². The molecule has 0 saturated heterocycles. The molecule has 24 heavy (non-hydrogen) atoms. The highest BCUT2D eigenvalue weighted by molar-refractivity contribution is 6.00. The number of hydrogen-bond acceptors (Lipinski definition) is 6. The van der Waals surface area contributed by atoms with E-state index in [0.29, 0.717) is 18.0 Å². The quantitative estimate of drug-likeness (QED) is 0.553. The van der Waals surface area contributed by atoms with Crippen molar-refractivity contribution in [2.45, 2.75) is 6.54 Å². The largest absolute Gasteiger partial charge is 0.504 e. The maximum absolute atomic E-state index is 11.9. The molecule has 0 unspecified atom stereocenters. The Balaban J connectivity index is 2.24. The van der Waals surface area contributed by atoms with Crippen molar-refractivity contribution in [3.05, 3.63) is 57.6 Å². The number of carbonyl (C=O) groups is 1. The average Bonchev–Trinajstić information content (AvgIpc) is 2.59. The van der Waals surface area contributed by atoms with Crippen molar-refractivity contribution in [1.29, 1.82) is 0 Å². The van der Waals surface area contributed by atoms with Gasteiger partial charge in [0.05, 0.1) is 17.6 Å². The minimum absolute atomic E-state index is 0.00650. The van der Waals surface area contributed by atoms with Crippen LogP contribution in [0.1, 0.15) is 15.9 Å². The van der Waals surface area contributed by atoms with Gasteiger partial charge in [0.1, 0.15) is 0 Å². The summed E-state index contributed by atoms with van der Waals surface area (Å²) in [4.78, 5) is 22.2. The van der Waals surface area contributed by atoms with Crippen molar-refractivity contribution in [2.75, 3.05) is 19.5 Å². The first-order valence-corrected chi connectivity index (χ1v) is 7.06. The van der Waals surface area contributed by atoms with E-state index in [0.717, 1.165) is 5.56 Å². The highest BCUT2D eigenvalue weighted by atomic mass is 16.6. The number of non-ortho nitro benzene ring substituents is 1. The molecule has 2 aromatic carbocycles. The van der Waals surface area contributed by atoms with Crippen LogP contribution < -0.4 is 15.4 Å². The predicted octanol–water partition coefficient (Wildman–Crippen LogP) is 2.28. The highest BCUT2D eigenvalue weighted by Crippen LogP contribution is 2.27. The van der Waals surface area contributed by atoms with Crippen LogP contribution >= 0.6 is 0 Å². The number of phenolic OH excluding ortho intramolecular Hbond substituents is 1. The Hall–Kier alpha value is -3.29. The van der Waals surface area contributed by atoms with E-state index in [1.165, 1.54) is 38.4 Å². The first-order chi connectivity index (χ1) is 11.5. The van der Waals surface area contributed by atoms with Crippen LogP contribution in [0.2, 0.25) is 0 Å². The number of hydrogen-bond donors (Lipinski definition) is 3. The van der Waals surface area contributed by atoms with E-state index >= 15 is 0 Å². The maximum Gasteiger partial charge on any atom is 0.270 e. The molecule has 2 aromatic rings. The van der Waals surface area contributed by atoms with Crippen LogP contribution in [-0.2, 0) is 6.54 Å². The number of anilines is 1. The van der Waals surface area contributed by atoms with Gasteiger partial charge in [0.15, 0.2) is 11.5 Å². The SMILES string of the molecule is CNC(=O)c1cc([N+](=O)[O-])ccc1NCc1ccc(OC)c(O)c1. The minimum Gasteiger partial charge on any atom is -0.504 e. The highest BCUT2D eigenvalue weighted by Gasteiger charge is 2.16. The summed E-state index contributed by atoms with van der Waals surface area (Å²) in [5, 5.41) is 26.1. The molecule has 2 rings (SSSR count). The number of aromatic hydroxyl groups is 1. The molecule has 8 heteroatoms. The summed E-state index contributed by atoms with van der Waals surface area (Å²) in [5.41, 5.74) is 1.22. The van der Waals surface area contributed by atoms with Crippen LogP contribution in [0.5, 0.6) is 11.5 Å². The van der Waals surface area contributed by atoms with E-state index in [-0.39, 0.29) is 17.0 Å². The first-order valence-electron chi connectivity index (χ1n) is 7.06. The van der Waals surface area contributed by atoms with E-state index < -0.39 is 10.8 Å². The van der Waals surface area contributed by atoms with Crippen molar-refractivity contribution in [1.82, 2.24) is 5.32 Å². The third-order valence-electron chi connectivity index (χ3n) is 3.41. The second-order valence-corrected chi connectivity index (χ2v) is 4.93. The normalized spacial score (nSPS) is 10.1. The number of amides is 1. The lowest BCUT2D eigenvalue weighted by Gasteiger charge is -2.12. The van der Waals surface area contributed by atoms with E-state index in [1.54, 1.807) is 12.1 Å². The van der Waals surface area contributed by atoms with Gasteiger partial charge in [0, 0.05) is 31.4 Å². The Bertz CT molecular complexity index is 776. The number of benzene rings is 2. The minimum atomic E-state index is -0.558. The molecule has 0 fully saturated rings. The molecule has 3 N–H and O–H groups in total. The molecule has 0 spiro atoms. The molecule has 0 aliphatic heterocycles. The third kappa shape index (κ3) is 3.72. The van der Waals surface area contributed by atoms with Crippen molar-refractivity contribution < 1.29 is 19.6 Å². The van der Waals surface area contributed by atoms with Crippen LogP contribution in [0.15, 0.2) is 36.4 Å². The number of rotatable bonds is 6. The fourth-order valence-electron chi connectivity index (χ4n) is 2.17. The summed E-state index contributed by atoms with van der Waals surface area (Å²) in [6.07, 6.45) is 0. The number of ether oxygens (including phenoxy) is 1. The lowest BCUT2D eigenvalue weighted by atomic mass is 10.1. The fraction of sp³-hybridized carbons (Fsp3) is 0.188. The van der Waals surface area contributed by atoms with Gasteiger partial charge in [-0.2, -0.15) is 0 Å². The van der Waals surface area contributed by atoms with Crippen LogP contribution in [0, 0.1) is 10.1 Å². The Morgan fingerprint density at radius 3 is 2.62 bits per heavy atom. The van der Waals surface area contributed by atoms with Crippen molar-refractivity contribution in [3.8, 4) is 11.5 Å². The van der Waals surface area contributed by atoms with Crippen LogP contribution in [0.4, 0.5) is 11.4 Å². The molecular formula is C16H17N3O5. The molecule has 0 heterocycles. The molecule has 0 bridgehead atoms. The fourth-order valence-corrected chi connectivity index (χ4v) is 2.17. The maximum atomic E-state index is 11.9. The topological polar surface area (TPSA) is 114 Å². The van der Waals surface area contributed by atoms with Gasteiger partial charge in [-0.3, -0.25) is 14.9 Å². The number of nitro groups is 1. The molecule has 0 aromatic heterocycles. The lowest BCUT2D eigenvalue weighted by Crippen LogP contribution is -2.20. The number of nitrogens with zero attached hydrogens (tertiary/aromatic N) is 1. The molecule has 0 radical (unpaired) electrons. The van der Waals surface area contributed by atoms with Gasteiger partial charge < -0.3 is 20.5 Å². The van der Waals surface area contributed by atoms with Gasteiger partial charge >= 0.3 is 0 Å². The second kappa shape index (κ2) is 7.32. The third-order valence-corrected chi connectivity index (χ3v) is 3.41. The Morgan fingerprint density at radius 1 is 1.29 bits per heavy atom. The zero-order chi connectivity index (χ0) is 17.7. The van der Waals surface area contributed by atoms with Gasteiger partial charge in [-0.25, -0.2) is 0 Å². The molecule has 0 aliphatic rings. The molecule has 0 saturated carbocycles. The van der Waals surface area contributed by atoms with Gasteiger partial charge in [-0.1, -0.05) is 6.07 Å². The molecular weight excluding hydrogens is 314 g/mol. The summed E-state index contributed by atoms with van der Waals surface area (Å²) in [7, 11) is 2.91. The van der Waals surface area contributed by atoms with Crippen molar-refractivity contribution in [2.24, 2.45) is 0 Å². The zero-order valence-electron chi connectivity index (χ0n) is 13.2. The molecule has 0 aliphatic carbocycles. The van der Waals surface area contributed by atoms with Gasteiger partial charge in [-0.05, 0) is 23.8 Å². The van der Waals surface area contributed by atoms with Gasteiger partial charge in [0.25, 0.3) is 11.6 Å².